The van der Waals surface area contributed by atoms with E-state index in [2.05, 4.69) is 5.32 Å². The number of nitrogens with one attached hydrogen (secondary N) is 1. The molecule has 0 spiro atoms. The number of sulfone groups is 1. The maximum Gasteiger partial charge on any atom is 0.338 e. The van der Waals surface area contributed by atoms with Crippen LogP contribution in [0, 0.1) is 0 Å². The summed E-state index contributed by atoms with van der Waals surface area (Å²) in [6.07, 6.45) is 1.04. The fourth-order valence-corrected chi connectivity index (χ4v) is 3.82. The molecule has 0 aliphatic carbocycles. The van der Waals surface area contributed by atoms with Crippen molar-refractivity contribution in [3.63, 3.8) is 0 Å². The van der Waals surface area contributed by atoms with E-state index in [1.165, 1.54) is 25.3 Å². The van der Waals surface area contributed by atoms with Gasteiger partial charge in [0, 0.05) is 11.9 Å². The monoisotopic (exact) mass is 436 g/mol. The van der Waals surface area contributed by atoms with Gasteiger partial charge in [0.15, 0.2) is 11.5 Å². The third-order valence-electron chi connectivity index (χ3n) is 4.22. The quantitative estimate of drug-likeness (QED) is 0.505. The molecular formula is C20H24N2O7S. The van der Waals surface area contributed by atoms with Crippen LogP contribution in [0.15, 0.2) is 36.4 Å². The standard InChI is InChI=1S/C20H24N2O7S/c1-4-29-17-10-12(8-9-16(17)28-2)15(11-30(3,26)27)22-19(23)13-6-5-7-14(21)18(13)20(24)25/h5-10,15H,4,11,21H2,1-3H3,(H,22,23)(H,24,25)/t15-/m1/s1. The van der Waals surface area contributed by atoms with Gasteiger partial charge in [-0.1, -0.05) is 12.1 Å². The second-order valence-corrected chi connectivity index (χ2v) is 8.72. The Balaban J connectivity index is 2.47. The highest BCUT2D eigenvalue weighted by atomic mass is 32.2. The molecule has 4 N–H and O–H groups in total. The van der Waals surface area contributed by atoms with Gasteiger partial charge in [-0.25, -0.2) is 13.2 Å². The molecule has 1 amide bonds. The van der Waals surface area contributed by atoms with Crippen LogP contribution in [0.3, 0.4) is 0 Å². The summed E-state index contributed by atoms with van der Waals surface area (Å²) in [5.74, 6) is -1.68. The zero-order valence-corrected chi connectivity index (χ0v) is 17.7. The number of amides is 1. The zero-order valence-electron chi connectivity index (χ0n) is 16.8. The van der Waals surface area contributed by atoms with E-state index in [0.29, 0.717) is 23.7 Å². The Morgan fingerprint density at radius 3 is 2.47 bits per heavy atom. The van der Waals surface area contributed by atoms with E-state index in [-0.39, 0.29) is 16.8 Å². The number of nitrogen functional groups attached to an aromatic ring is 1. The Hall–Kier alpha value is -3.27. The topological polar surface area (TPSA) is 145 Å². The second kappa shape index (κ2) is 9.49. The first kappa shape index (κ1) is 23.0. The molecule has 0 saturated heterocycles. The number of hydrogen-bond acceptors (Lipinski definition) is 7. The molecule has 0 unspecified atom stereocenters. The summed E-state index contributed by atoms with van der Waals surface area (Å²) in [6.45, 7) is 2.14. The van der Waals surface area contributed by atoms with Crippen molar-refractivity contribution >= 4 is 27.4 Å². The molecule has 0 aromatic heterocycles. The fourth-order valence-electron chi connectivity index (χ4n) is 2.94. The minimum Gasteiger partial charge on any atom is -0.493 e. The molecule has 2 rings (SSSR count). The van der Waals surface area contributed by atoms with Gasteiger partial charge in [0.1, 0.15) is 9.84 Å². The van der Waals surface area contributed by atoms with Crippen LogP contribution >= 0.6 is 0 Å². The van der Waals surface area contributed by atoms with Gasteiger partial charge in [-0.15, -0.1) is 0 Å². The van der Waals surface area contributed by atoms with Gasteiger partial charge in [0.25, 0.3) is 5.91 Å². The van der Waals surface area contributed by atoms with E-state index in [1.807, 2.05) is 0 Å². The van der Waals surface area contributed by atoms with Crippen molar-refractivity contribution in [2.24, 2.45) is 0 Å². The van der Waals surface area contributed by atoms with Gasteiger partial charge in [0.2, 0.25) is 0 Å². The van der Waals surface area contributed by atoms with Crippen molar-refractivity contribution in [2.45, 2.75) is 13.0 Å². The summed E-state index contributed by atoms with van der Waals surface area (Å²) >= 11 is 0. The predicted molar refractivity (Wildman–Crippen MR) is 112 cm³/mol. The third kappa shape index (κ3) is 5.63. The number of carboxylic acid groups (broad SMARTS) is 1. The van der Waals surface area contributed by atoms with Crippen molar-refractivity contribution < 1.29 is 32.6 Å². The number of carboxylic acids is 1. The molecule has 10 heteroatoms. The van der Waals surface area contributed by atoms with E-state index >= 15 is 0 Å². The van der Waals surface area contributed by atoms with Crippen molar-refractivity contribution in [1.29, 1.82) is 0 Å². The minimum atomic E-state index is -3.50. The number of methoxy groups -OCH3 is 1. The van der Waals surface area contributed by atoms with Gasteiger partial charge in [0.05, 0.1) is 36.6 Å². The Morgan fingerprint density at radius 1 is 1.20 bits per heavy atom. The smallest absolute Gasteiger partial charge is 0.338 e. The molecular weight excluding hydrogens is 412 g/mol. The SMILES string of the molecule is CCOc1cc([C@@H](CS(C)(=O)=O)NC(=O)c2cccc(N)c2C(=O)O)ccc1OC. The first-order valence-electron chi connectivity index (χ1n) is 8.98. The van der Waals surface area contributed by atoms with Crippen LogP contribution in [0.4, 0.5) is 5.69 Å². The second-order valence-electron chi connectivity index (χ2n) is 6.54. The molecule has 162 valence electrons. The summed E-state index contributed by atoms with van der Waals surface area (Å²) in [5, 5.41) is 12.0. The zero-order chi connectivity index (χ0) is 22.5. The lowest BCUT2D eigenvalue weighted by Crippen LogP contribution is -2.34. The number of hydrogen-bond donors (Lipinski definition) is 3. The molecule has 0 aliphatic rings. The Morgan fingerprint density at radius 2 is 1.90 bits per heavy atom. The summed E-state index contributed by atoms with van der Waals surface area (Å²) in [5.41, 5.74) is 5.57. The normalized spacial score (nSPS) is 12.1. The maximum atomic E-state index is 12.8. The first-order chi connectivity index (χ1) is 14.1. The highest BCUT2D eigenvalue weighted by molar-refractivity contribution is 7.90. The summed E-state index contributed by atoms with van der Waals surface area (Å²) in [4.78, 5) is 24.4. The highest BCUT2D eigenvalue weighted by Crippen LogP contribution is 2.31. The predicted octanol–water partition coefficient (Wildman–Crippen LogP) is 1.89. The molecule has 0 bridgehead atoms. The van der Waals surface area contributed by atoms with Crippen LogP contribution in [0.5, 0.6) is 11.5 Å². The lowest BCUT2D eigenvalue weighted by Gasteiger charge is -2.21. The summed E-state index contributed by atoms with van der Waals surface area (Å²) in [6, 6.07) is 7.96. The molecule has 1 atom stereocenters. The van der Waals surface area contributed by atoms with E-state index in [4.69, 9.17) is 15.2 Å². The number of benzene rings is 2. The van der Waals surface area contributed by atoms with Gasteiger partial charge in [-0.3, -0.25) is 4.79 Å². The molecule has 0 radical (unpaired) electrons. The Kier molecular flexibility index (Phi) is 7.28. The number of carbonyl (C=O) groups is 2. The van der Waals surface area contributed by atoms with Crippen molar-refractivity contribution in [1.82, 2.24) is 5.32 Å². The lowest BCUT2D eigenvalue weighted by atomic mass is 10.0. The summed E-state index contributed by atoms with van der Waals surface area (Å²) in [7, 11) is -2.03. The van der Waals surface area contributed by atoms with Crippen LogP contribution in [0.1, 0.15) is 39.2 Å². The first-order valence-corrected chi connectivity index (χ1v) is 11.0. The lowest BCUT2D eigenvalue weighted by molar-refractivity contribution is 0.0691. The number of rotatable bonds is 9. The van der Waals surface area contributed by atoms with Crippen LogP contribution in [-0.2, 0) is 9.84 Å². The fraction of sp³-hybridized carbons (Fsp3) is 0.300. The van der Waals surface area contributed by atoms with Gasteiger partial charge >= 0.3 is 5.97 Å². The number of aromatic carboxylic acids is 1. The van der Waals surface area contributed by atoms with Gasteiger partial charge in [-0.05, 0) is 36.8 Å². The van der Waals surface area contributed by atoms with Crippen LogP contribution in [0.25, 0.3) is 0 Å². The third-order valence-corrected chi connectivity index (χ3v) is 5.16. The molecule has 0 fully saturated rings. The van der Waals surface area contributed by atoms with Crippen LogP contribution in [-0.4, -0.2) is 51.1 Å². The van der Waals surface area contributed by atoms with E-state index in [9.17, 15) is 23.1 Å². The Labute approximate surface area is 174 Å². The number of carbonyl (C=O) groups excluding carboxylic acids is 1. The minimum absolute atomic E-state index is 0.0714. The summed E-state index contributed by atoms with van der Waals surface area (Å²) < 4.78 is 34.7. The number of anilines is 1. The van der Waals surface area contributed by atoms with Gasteiger partial charge < -0.3 is 25.6 Å². The van der Waals surface area contributed by atoms with Crippen LogP contribution < -0.4 is 20.5 Å². The molecule has 0 saturated carbocycles. The van der Waals surface area contributed by atoms with E-state index in [0.717, 1.165) is 6.26 Å². The maximum absolute atomic E-state index is 12.8. The molecule has 30 heavy (non-hydrogen) atoms. The molecule has 9 nitrogen and oxygen atoms in total. The van der Waals surface area contributed by atoms with Crippen molar-refractivity contribution in [3.8, 4) is 11.5 Å². The average molecular weight is 436 g/mol. The molecule has 2 aromatic carbocycles. The number of nitrogens with two attached hydrogens (primary N) is 1. The van der Waals surface area contributed by atoms with Crippen LogP contribution in [0.2, 0.25) is 0 Å². The molecule has 2 aromatic rings. The number of ether oxygens (including phenoxy) is 2. The van der Waals surface area contributed by atoms with E-state index < -0.39 is 33.5 Å². The van der Waals surface area contributed by atoms with Crippen molar-refractivity contribution in [2.75, 3.05) is 31.5 Å². The largest absolute Gasteiger partial charge is 0.493 e. The Bertz CT molecular complexity index is 1050. The average Bonchev–Trinajstić information content (AvgIpc) is 2.66. The molecule has 0 heterocycles. The molecule has 0 aliphatic heterocycles. The highest BCUT2D eigenvalue weighted by Gasteiger charge is 2.25. The van der Waals surface area contributed by atoms with Crippen molar-refractivity contribution in [3.05, 3.63) is 53.1 Å². The van der Waals surface area contributed by atoms with E-state index in [1.54, 1.807) is 25.1 Å². The van der Waals surface area contributed by atoms with Gasteiger partial charge in [-0.2, -0.15) is 0 Å².